The van der Waals surface area contributed by atoms with Gasteiger partial charge in [-0.25, -0.2) is 4.79 Å². The van der Waals surface area contributed by atoms with Crippen LogP contribution >= 0.6 is 0 Å². The molecular weight excluding hydrogens is 368 g/mol. The number of ketones is 1. The molecule has 2 aromatic carbocycles. The highest BCUT2D eigenvalue weighted by molar-refractivity contribution is 6.11. The molecule has 1 N–H and O–H groups in total. The Bertz CT molecular complexity index is 1100. The van der Waals surface area contributed by atoms with Crippen molar-refractivity contribution in [3.8, 4) is 0 Å². The van der Waals surface area contributed by atoms with Crippen LogP contribution in [-0.2, 0) is 9.53 Å². The van der Waals surface area contributed by atoms with Gasteiger partial charge in [-0.05, 0) is 50.6 Å². The van der Waals surface area contributed by atoms with Crippen molar-refractivity contribution in [2.45, 2.75) is 32.8 Å². The molecule has 148 valence electrons. The van der Waals surface area contributed by atoms with Crippen LogP contribution in [0.3, 0.4) is 0 Å². The summed E-state index contributed by atoms with van der Waals surface area (Å²) in [7, 11) is 0. The molecule has 6 nitrogen and oxygen atoms in total. The molecular formula is C23H22N2O4. The highest BCUT2D eigenvalue weighted by atomic mass is 16.5. The minimum atomic E-state index is -0.916. The van der Waals surface area contributed by atoms with Crippen LogP contribution in [-0.4, -0.2) is 35.3 Å². The smallest absolute Gasteiger partial charge is 0.338 e. The van der Waals surface area contributed by atoms with Crippen molar-refractivity contribution in [2.24, 2.45) is 0 Å². The lowest BCUT2D eigenvalue weighted by atomic mass is 10.0. The Morgan fingerprint density at radius 2 is 1.83 bits per heavy atom. The van der Waals surface area contributed by atoms with Gasteiger partial charge in [0.1, 0.15) is 0 Å². The number of hydrogen-bond acceptors (Lipinski definition) is 4. The van der Waals surface area contributed by atoms with Gasteiger partial charge in [0.25, 0.3) is 0 Å². The maximum Gasteiger partial charge on any atom is 0.338 e. The van der Waals surface area contributed by atoms with E-state index in [2.05, 4.69) is 4.98 Å². The van der Waals surface area contributed by atoms with E-state index in [1.54, 1.807) is 36.1 Å². The van der Waals surface area contributed by atoms with Crippen molar-refractivity contribution in [1.82, 2.24) is 4.98 Å². The lowest BCUT2D eigenvalue weighted by Crippen LogP contribution is -2.25. The summed E-state index contributed by atoms with van der Waals surface area (Å²) in [6.07, 6.45) is 0.479. The van der Waals surface area contributed by atoms with Gasteiger partial charge >= 0.3 is 5.97 Å². The molecule has 0 spiro atoms. The third-order valence-electron chi connectivity index (χ3n) is 5.28. The number of para-hydroxylation sites is 1. The number of nitrogens with one attached hydrogen (secondary N) is 1. The van der Waals surface area contributed by atoms with Crippen LogP contribution in [0.25, 0.3) is 10.9 Å². The van der Waals surface area contributed by atoms with Crippen LogP contribution in [0.2, 0.25) is 0 Å². The Balaban J connectivity index is 1.48. The number of aryl methyl sites for hydroxylation is 1. The van der Waals surface area contributed by atoms with Crippen molar-refractivity contribution in [3.05, 3.63) is 65.4 Å². The highest BCUT2D eigenvalue weighted by Gasteiger charge is 2.25. The summed E-state index contributed by atoms with van der Waals surface area (Å²) < 4.78 is 5.43. The zero-order valence-electron chi connectivity index (χ0n) is 16.4. The van der Waals surface area contributed by atoms with E-state index in [9.17, 15) is 14.4 Å². The first-order valence-corrected chi connectivity index (χ1v) is 9.68. The second-order valence-corrected chi connectivity index (χ2v) is 7.28. The number of carbonyl (C=O) groups is 3. The Morgan fingerprint density at radius 1 is 1.10 bits per heavy atom. The molecule has 1 aromatic heterocycles. The first-order chi connectivity index (χ1) is 14.0. The van der Waals surface area contributed by atoms with Gasteiger partial charge in [0.2, 0.25) is 11.7 Å². The number of ether oxygens (including phenoxy) is 1. The van der Waals surface area contributed by atoms with Crippen LogP contribution in [0, 0.1) is 6.92 Å². The molecule has 0 bridgehead atoms. The van der Waals surface area contributed by atoms with Gasteiger partial charge in [-0.3, -0.25) is 9.59 Å². The Kier molecular flexibility index (Phi) is 4.92. The van der Waals surface area contributed by atoms with Gasteiger partial charge in [0.05, 0.1) is 5.56 Å². The van der Waals surface area contributed by atoms with Crippen molar-refractivity contribution < 1.29 is 19.1 Å². The Labute approximate surface area is 168 Å². The van der Waals surface area contributed by atoms with E-state index in [0.29, 0.717) is 24.1 Å². The Hall–Kier alpha value is -3.41. The third kappa shape index (κ3) is 3.53. The van der Waals surface area contributed by atoms with Gasteiger partial charge in [-0.15, -0.1) is 0 Å². The predicted molar refractivity (Wildman–Crippen MR) is 110 cm³/mol. The van der Waals surface area contributed by atoms with Crippen LogP contribution in [0.15, 0.2) is 48.5 Å². The van der Waals surface area contributed by atoms with Gasteiger partial charge < -0.3 is 14.6 Å². The number of amides is 1. The van der Waals surface area contributed by atoms with E-state index < -0.39 is 12.1 Å². The maximum atomic E-state index is 12.9. The fourth-order valence-electron chi connectivity index (χ4n) is 3.78. The van der Waals surface area contributed by atoms with Gasteiger partial charge in [-0.1, -0.05) is 18.2 Å². The number of aromatic amines is 1. The second kappa shape index (κ2) is 7.54. The normalized spacial score (nSPS) is 15.0. The molecule has 1 amide bonds. The number of fused-ring (bicyclic) bond motifs is 1. The number of H-pyrrole nitrogens is 1. The number of nitrogens with zero attached hydrogens (tertiary/aromatic N) is 1. The third-order valence-corrected chi connectivity index (χ3v) is 5.28. The molecule has 1 fully saturated rings. The molecule has 1 saturated heterocycles. The Morgan fingerprint density at radius 3 is 2.52 bits per heavy atom. The molecule has 1 aliphatic heterocycles. The minimum Gasteiger partial charge on any atom is -0.451 e. The number of hydrogen-bond donors (Lipinski definition) is 1. The van der Waals surface area contributed by atoms with E-state index in [-0.39, 0.29) is 11.7 Å². The molecule has 3 aromatic rings. The van der Waals surface area contributed by atoms with Crippen molar-refractivity contribution >= 4 is 34.3 Å². The fourth-order valence-corrected chi connectivity index (χ4v) is 3.78. The number of aromatic nitrogens is 1. The maximum absolute atomic E-state index is 12.9. The largest absolute Gasteiger partial charge is 0.451 e. The lowest BCUT2D eigenvalue weighted by molar-refractivity contribution is -0.117. The lowest BCUT2D eigenvalue weighted by Gasteiger charge is -2.16. The average molecular weight is 390 g/mol. The van der Waals surface area contributed by atoms with Gasteiger partial charge in [-0.2, -0.15) is 0 Å². The number of benzene rings is 2. The summed E-state index contributed by atoms with van der Waals surface area (Å²) in [6, 6.07) is 14.3. The van der Waals surface area contributed by atoms with Crippen molar-refractivity contribution in [3.63, 3.8) is 0 Å². The number of esters is 1. The first kappa shape index (κ1) is 18.9. The van der Waals surface area contributed by atoms with Crippen molar-refractivity contribution in [1.29, 1.82) is 0 Å². The van der Waals surface area contributed by atoms with E-state index in [1.165, 1.54) is 0 Å². The number of anilines is 1. The standard InChI is InChI=1S/C23H22N2O4/c1-14-21(18-6-3-4-7-19(18)24-14)22(27)15(2)29-23(28)16-9-11-17(12-10-16)25-13-5-8-20(25)26/h3-4,6-7,9-12,15,24H,5,8,13H2,1-2H3. The molecule has 6 heteroatoms. The monoisotopic (exact) mass is 390 g/mol. The van der Waals surface area contributed by atoms with E-state index in [0.717, 1.165) is 28.7 Å². The fraction of sp³-hybridized carbons (Fsp3) is 0.261. The van der Waals surface area contributed by atoms with Crippen LogP contribution < -0.4 is 4.90 Å². The SMILES string of the molecule is Cc1[nH]c2ccccc2c1C(=O)C(C)OC(=O)c1ccc(N2CCCC2=O)cc1. The van der Waals surface area contributed by atoms with Crippen LogP contribution in [0.5, 0.6) is 0 Å². The molecule has 2 heterocycles. The molecule has 1 unspecified atom stereocenters. The summed E-state index contributed by atoms with van der Waals surface area (Å²) in [4.78, 5) is 42.2. The van der Waals surface area contributed by atoms with E-state index in [4.69, 9.17) is 4.74 Å². The molecule has 4 rings (SSSR count). The highest BCUT2D eigenvalue weighted by Crippen LogP contribution is 2.25. The summed E-state index contributed by atoms with van der Waals surface area (Å²) in [5.74, 6) is -0.719. The summed E-state index contributed by atoms with van der Waals surface area (Å²) >= 11 is 0. The topological polar surface area (TPSA) is 79.5 Å². The molecule has 0 saturated carbocycles. The molecule has 29 heavy (non-hydrogen) atoms. The van der Waals surface area contributed by atoms with Gasteiger partial charge in [0.15, 0.2) is 6.10 Å². The van der Waals surface area contributed by atoms with E-state index >= 15 is 0 Å². The zero-order chi connectivity index (χ0) is 20.5. The predicted octanol–water partition coefficient (Wildman–Crippen LogP) is 4.03. The average Bonchev–Trinajstić information content (AvgIpc) is 3.29. The van der Waals surface area contributed by atoms with Crippen LogP contribution in [0.1, 0.15) is 46.2 Å². The molecule has 1 atom stereocenters. The van der Waals surface area contributed by atoms with Crippen LogP contribution in [0.4, 0.5) is 5.69 Å². The summed E-state index contributed by atoms with van der Waals surface area (Å²) in [5, 5.41) is 0.817. The molecule has 0 aliphatic carbocycles. The second-order valence-electron chi connectivity index (χ2n) is 7.28. The first-order valence-electron chi connectivity index (χ1n) is 9.68. The number of carbonyl (C=O) groups excluding carboxylic acids is 3. The number of Topliss-reactive ketones (excluding diaryl/α,β-unsaturated/α-hetero) is 1. The quantitative estimate of drug-likeness (QED) is 0.527. The minimum absolute atomic E-state index is 0.0913. The molecule has 0 radical (unpaired) electrons. The van der Waals surface area contributed by atoms with Crippen molar-refractivity contribution in [2.75, 3.05) is 11.4 Å². The summed E-state index contributed by atoms with van der Waals surface area (Å²) in [5.41, 5.74) is 3.28. The van der Waals surface area contributed by atoms with Gasteiger partial charge in [0, 0.05) is 40.8 Å². The summed E-state index contributed by atoms with van der Waals surface area (Å²) in [6.45, 7) is 4.11. The van der Waals surface area contributed by atoms with E-state index in [1.807, 2.05) is 31.2 Å². The number of rotatable bonds is 5. The molecule has 1 aliphatic rings. The zero-order valence-corrected chi connectivity index (χ0v) is 16.4.